The van der Waals surface area contributed by atoms with Crippen molar-refractivity contribution in [3.63, 3.8) is 0 Å². The minimum absolute atomic E-state index is 0.165. The Bertz CT molecular complexity index is 663. The Labute approximate surface area is 134 Å². The molecule has 1 N–H and O–H groups in total. The molecule has 2 aromatic rings. The fraction of sp³-hybridized carbons (Fsp3) is 0.118. The second-order valence-corrected chi connectivity index (χ2v) is 5.55. The van der Waals surface area contributed by atoms with E-state index in [1.165, 1.54) is 11.6 Å². The lowest BCUT2D eigenvalue weighted by Gasteiger charge is -2.03. The smallest absolute Gasteiger partial charge is 0.244 e. The molecule has 0 bridgehead atoms. The third-order valence-electron chi connectivity index (χ3n) is 2.96. The molecule has 21 heavy (non-hydrogen) atoms. The molecule has 0 unspecified atom stereocenters. The molecule has 0 fully saturated rings. The van der Waals surface area contributed by atoms with Gasteiger partial charge in [-0.1, -0.05) is 59.1 Å². The molecule has 0 atom stereocenters. The summed E-state index contributed by atoms with van der Waals surface area (Å²) < 4.78 is 0. The average Bonchev–Trinajstić information content (AvgIpc) is 2.46. The van der Waals surface area contributed by atoms with Crippen molar-refractivity contribution < 1.29 is 4.79 Å². The van der Waals surface area contributed by atoms with E-state index in [2.05, 4.69) is 5.32 Å². The van der Waals surface area contributed by atoms with Crippen LogP contribution in [0.15, 0.2) is 48.5 Å². The molecular weight excluding hydrogens is 305 g/mol. The minimum Gasteiger partial charge on any atom is -0.348 e. The molecule has 2 aromatic carbocycles. The summed E-state index contributed by atoms with van der Waals surface area (Å²) in [5, 5.41) is 3.91. The van der Waals surface area contributed by atoms with Gasteiger partial charge in [-0.15, -0.1) is 0 Å². The fourth-order valence-corrected chi connectivity index (χ4v) is 2.23. The summed E-state index contributed by atoms with van der Waals surface area (Å²) in [6, 6.07) is 13.2. The summed E-state index contributed by atoms with van der Waals surface area (Å²) in [5.41, 5.74) is 3.01. The zero-order chi connectivity index (χ0) is 15.2. The number of hydrogen-bond donors (Lipinski definition) is 1. The van der Waals surface area contributed by atoms with E-state index in [1.807, 2.05) is 31.2 Å². The van der Waals surface area contributed by atoms with Crippen LogP contribution in [-0.4, -0.2) is 5.91 Å². The summed E-state index contributed by atoms with van der Waals surface area (Å²) in [6.45, 7) is 2.53. The monoisotopic (exact) mass is 319 g/mol. The van der Waals surface area contributed by atoms with E-state index in [4.69, 9.17) is 23.2 Å². The SMILES string of the molecule is Cc1ccc(CNC(=O)/C=C/c2ccc(Cl)cc2Cl)cc1. The standard InChI is InChI=1S/C17H15Cl2NO/c1-12-2-4-13(5-3-12)11-20-17(21)9-7-14-6-8-15(18)10-16(14)19/h2-10H,11H2,1H3,(H,20,21)/b9-7+. The maximum Gasteiger partial charge on any atom is 0.244 e. The first kappa shape index (κ1) is 15.6. The van der Waals surface area contributed by atoms with Crippen molar-refractivity contribution in [1.82, 2.24) is 5.32 Å². The molecule has 0 aliphatic carbocycles. The van der Waals surface area contributed by atoms with Crippen LogP contribution in [0.5, 0.6) is 0 Å². The second kappa shape index (κ2) is 7.30. The number of nitrogens with one attached hydrogen (secondary N) is 1. The third-order valence-corrected chi connectivity index (χ3v) is 3.53. The van der Waals surface area contributed by atoms with Crippen LogP contribution in [-0.2, 0) is 11.3 Å². The van der Waals surface area contributed by atoms with E-state index in [1.54, 1.807) is 24.3 Å². The Morgan fingerprint density at radius 1 is 1.14 bits per heavy atom. The second-order valence-electron chi connectivity index (χ2n) is 4.70. The highest BCUT2D eigenvalue weighted by Gasteiger charge is 2.00. The maximum absolute atomic E-state index is 11.8. The Kier molecular flexibility index (Phi) is 5.43. The number of halogens is 2. The molecule has 0 saturated carbocycles. The van der Waals surface area contributed by atoms with Crippen molar-refractivity contribution in [1.29, 1.82) is 0 Å². The average molecular weight is 320 g/mol. The van der Waals surface area contributed by atoms with Gasteiger partial charge in [0.05, 0.1) is 0 Å². The Hall–Kier alpha value is -1.77. The fourth-order valence-electron chi connectivity index (χ4n) is 1.76. The van der Waals surface area contributed by atoms with E-state index >= 15 is 0 Å². The molecule has 4 heteroatoms. The van der Waals surface area contributed by atoms with E-state index in [-0.39, 0.29) is 5.91 Å². The van der Waals surface area contributed by atoms with Gasteiger partial charge in [0.1, 0.15) is 0 Å². The first-order valence-electron chi connectivity index (χ1n) is 6.51. The summed E-state index contributed by atoms with van der Waals surface area (Å²) >= 11 is 11.9. The number of amides is 1. The lowest BCUT2D eigenvalue weighted by molar-refractivity contribution is -0.116. The zero-order valence-electron chi connectivity index (χ0n) is 11.6. The van der Waals surface area contributed by atoms with Crippen LogP contribution in [0.1, 0.15) is 16.7 Å². The number of rotatable bonds is 4. The maximum atomic E-state index is 11.8. The van der Waals surface area contributed by atoms with E-state index in [9.17, 15) is 4.79 Å². The van der Waals surface area contributed by atoms with Crippen LogP contribution in [0.3, 0.4) is 0 Å². The predicted octanol–water partition coefficient (Wildman–Crippen LogP) is 4.63. The Morgan fingerprint density at radius 3 is 2.52 bits per heavy atom. The molecule has 0 aliphatic heterocycles. The highest BCUT2D eigenvalue weighted by atomic mass is 35.5. The number of hydrogen-bond acceptors (Lipinski definition) is 1. The van der Waals surface area contributed by atoms with Gasteiger partial charge in [0, 0.05) is 22.7 Å². The quantitative estimate of drug-likeness (QED) is 0.818. The molecule has 0 radical (unpaired) electrons. The van der Waals surface area contributed by atoms with Gasteiger partial charge >= 0.3 is 0 Å². The van der Waals surface area contributed by atoms with Crippen molar-refractivity contribution in [3.05, 3.63) is 75.3 Å². The van der Waals surface area contributed by atoms with E-state index in [0.29, 0.717) is 16.6 Å². The summed E-state index contributed by atoms with van der Waals surface area (Å²) in [4.78, 5) is 11.8. The molecular formula is C17H15Cl2NO. The van der Waals surface area contributed by atoms with Crippen LogP contribution >= 0.6 is 23.2 Å². The molecule has 0 saturated heterocycles. The van der Waals surface area contributed by atoms with Gasteiger partial charge in [0.15, 0.2) is 0 Å². The molecule has 2 rings (SSSR count). The predicted molar refractivity (Wildman–Crippen MR) is 88.5 cm³/mol. The first-order valence-corrected chi connectivity index (χ1v) is 7.27. The number of carbonyl (C=O) groups excluding carboxylic acids is 1. The van der Waals surface area contributed by atoms with Gasteiger partial charge in [0.2, 0.25) is 5.91 Å². The minimum atomic E-state index is -0.165. The lowest BCUT2D eigenvalue weighted by atomic mass is 10.1. The van der Waals surface area contributed by atoms with Crippen molar-refractivity contribution in [2.75, 3.05) is 0 Å². The highest BCUT2D eigenvalue weighted by Crippen LogP contribution is 2.21. The van der Waals surface area contributed by atoms with Crippen LogP contribution in [0.4, 0.5) is 0 Å². The Balaban J connectivity index is 1.92. The summed E-state index contributed by atoms with van der Waals surface area (Å²) in [6.07, 6.45) is 3.13. The van der Waals surface area contributed by atoms with Gasteiger partial charge in [-0.25, -0.2) is 0 Å². The normalized spacial score (nSPS) is 10.8. The van der Waals surface area contributed by atoms with Crippen LogP contribution < -0.4 is 5.32 Å². The topological polar surface area (TPSA) is 29.1 Å². The van der Waals surface area contributed by atoms with Gasteiger partial charge in [-0.3, -0.25) is 4.79 Å². The van der Waals surface area contributed by atoms with E-state index < -0.39 is 0 Å². The van der Waals surface area contributed by atoms with Gasteiger partial charge in [-0.05, 0) is 36.3 Å². The van der Waals surface area contributed by atoms with Crippen molar-refractivity contribution >= 4 is 35.2 Å². The summed E-state index contributed by atoms with van der Waals surface area (Å²) in [5.74, 6) is -0.165. The van der Waals surface area contributed by atoms with Gasteiger partial charge in [0.25, 0.3) is 0 Å². The molecule has 0 aromatic heterocycles. The van der Waals surface area contributed by atoms with Crippen LogP contribution in [0.25, 0.3) is 6.08 Å². The number of benzene rings is 2. The Morgan fingerprint density at radius 2 is 1.86 bits per heavy atom. The van der Waals surface area contributed by atoms with Crippen molar-refractivity contribution in [2.24, 2.45) is 0 Å². The zero-order valence-corrected chi connectivity index (χ0v) is 13.1. The lowest BCUT2D eigenvalue weighted by Crippen LogP contribution is -2.20. The molecule has 2 nitrogen and oxygen atoms in total. The molecule has 0 aliphatic rings. The third kappa shape index (κ3) is 4.92. The van der Waals surface area contributed by atoms with E-state index in [0.717, 1.165) is 11.1 Å². The molecule has 0 spiro atoms. The number of aryl methyl sites for hydroxylation is 1. The largest absolute Gasteiger partial charge is 0.348 e. The molecule has 0 heterocycles. The van der Waals surface area contributed by atoms with Crippen molar-refractivity contribution in [3.8, 4) is 0 Å². The van der Waals surface area contributed by atoms with Crippen molar-refractivity contribution in [2.45, 2.75) is 13.5 Å². The molecule has 1 amide bonds. The van der Waals surface area contributed by atoms with Gasteiger partial charge in [-0.2, -0.15) is 0 Å². The van der Waals surface area contributed by atoms with Crippen LogP contribution in [0.2, 0.25) is 10.0 Å². The van der Waals surface area contributed by atoms with Gasteiger partial charge < -0.3 is 5.32 Å². The molecule has 108 valence electrons. The van der Waals surface area contributed by atoms with Crippen LogP contribution in [0, 0.1) is 6.92 Å². The highest BCUT2D eigenvalue weighted by molar-refractivity contribution is 6.35. The summed E-state index contributed by atoms with van der Waals surface area (Å²) in [7, 11) is 0. The first-order chi connectivity index (χ1) is 10.0. The number of carbonyl (C=O) groups is 1.